The van der Waals surface area contributed by atoms with Crippen LogP contribution in [0.15, 0.2) is 24.3 Å². The second-order valence-corrected chi connectivity index (χ2v) is 4.68. The van der Waals surface area contributed by atoms with Gasteiger partial charge in [-0.15, -0.1) is 0 Å². The molecule has 1 fully saturated rings. The van der Waals surface area contributed by atoms with E-state index in [4.69, 9.17) is 5.73 Å². The van der Waals surface area contributed by atoms with Gasteiger partial charge in [0.05, 0.1) is 6.10 Å². The molecule has 0 saturated carbocycles. The van der Waals surface area contributed by atoms with Crippen LogP contribution >= 0.6 is 0 Å². The smallest absolute Gasteiger partial charge is 0.248 e. The Balaban J connectivity index is 1.78. The van der Waals surface area contributed by atoms with Crippen LogP contribution in [-0.4, -0.2) is 36.8 Å². The zero-order valence-electron chi connectivity index (χ0n) is 10.2. The molecule has 1 saturated heterocycles. The molecule has 0 bridgehead atoms. The first kappa shape index (κ1) is 13.0. The van der Waals surface area contributed by atoms with E-state index in [2.05, 4.69) is 10.6 Å². The summed E-state index contributed by atoms with van der Waals surface area (Å²) in [6.07, 6.45) is -0.255. The minimum absolute atomic E-state index is 0.255. The number of nitrogens with two attached hydrogens (primary N) is 1. The Morgan fingerprint density at radius 3 is 2.67 bits per heavy atom. The Morgan fingerprint density at radius 1 is 1.39 bits per heavy atom. The predicted molar refractivity (Wildman–Crippen MR) is 69.0 cm³/mol. The van der Waals surface area contributed by atoms with Crippen molar-refractivity contribution in [3.8, 4) is 0 Å². The first-order valence-corrected chi connectivity index (χ1v) is 6.15. The average Bonchev–Trinajstić information content (AvgIpc) is 2.76. The van der Waals surface area contributed by atoms with Crippen LogP contribution in [0, 0.1) is 5.92 Å². The van der Waals surface area contributed by atoms with Crippen LogP contribution in [0.2, 0.25) is 0 Å². The molecule has 1 aliphatic heterocycles. The fraction of sp³-hybridized carbons (Fsp3) is 0.462. The van der Waals surface area contributed by atoms with Gasteiger partial charge in [0.25, 0.3) is 0 Å². The highest BCUT2D eigenvalue weighted by molar-refractivity contribution is 5.92. The van der Waals surface area contributed by atoms with E-state index in [1.807, 2.05) is 12.1 Å². The molecule has 0 spiro atoms. The number of hydrogen-bond donors (Lipinski definition) is 4. The Bertz CT molecular complexity index is 405. The highest BCUT2D eigenvalue weighted by Gasteiger charge is 2.23. The molecule has 2 atom stereocenters. The summed E-state index contributed by atoms with van der Waals surface area (Å²) in [5.41, 5.74) is 6.79. The third-order valence-corrected chi connectivity index (χ3v) is 3.28. The van der Waals surface area contributed by atoms with Crippen molar-refractivity contribution < 1.29 is 9.90 Å². The molecule has 2 unspecified atom stereocenters. The van der Waals surface area contributed by atoms with Gasteiger partial charge in [-0.25, -0.2) is 0 Å². The molecule has 5 N–H and O–H groups in total. The summed E-state index contributed by atoms with van der Waals surface area (Å²) in [5.74, 6) is -0.135. The summed E-state index contributed by atoms with van der Waals surface area (Å²) in [7, 11) is 0. The van der Waals surface area contributed by atoms with Crippen molar-refractivity contribution in [2.45, 2.75) is 12.6 Å². The highest BCUT2D eigenvalue weighted by Crippen LogP contribution is 2.08. The van der Waals surface area contributed by atoms with Crippen molar-refractivity contribution >= 4 is 5.91 Å². The van der Waals surface area contributed by atoms with E-state index in [1.165, 1.54) is 0 Å². The number of hydrogen-bond acceptors (Lipinski definition) is 4. The lowest BCUT2D eigenvalue weighted by atomic mass is 10.1. The van der Waals surface area contributed by atoms with Crippen LogP contribution < -0.4 is 16.4 Å². The Morgan fingerprint density at radius 2 is 2.11 bits per heavy atom. The van der Waals surface area contributed by atoms with Crippen LogP contribution in [0.25, 0.3) is 0 Å². The quantitative estimate of drug-likeness (QED) is 0.564. The molecule has 0 aromatic heterocycles. The standard InChI is InChI=1S/C13H19N3O2/c14-13(18)10-3-1-9(2-4-10)5-15-6-11-7-16-8-12(11)17/h1-4,11-12,15-17H,5-8H2,(H2,14,18). The van der Waals surface area contributed by atoms with Crippen molar-refractivity contribution in [1.29, 1.82) is 0 Å². The van der Waals surface area contributed by atoms with Crippen molar-refractivity contribution in [3.63, 3.8) is 0 Å². The summed E-state index contributed by atoms with van der Waals surface area (Å²) in [6.45, 7) is 3.04. The second kappa shape index (κ2) is 5.95. The summed E-state index contributed by atoms with van der Waals surface area (Å²) >= 11 is 0. The number of carbonyl (C=O) groups is 1. The number of aliphatic hydroxyl groups is 1. The van der Waals surface area contributed by atoms with E-state index in [0.29, 0.717) is 12.1 Å². The maximum Gasteiger partial charge on any atom is 0.248 e. The largest absolute Gasteiger partial charge is 0.391 e. The van der Waals surface area contributed by atoms with Crippen molar-refractivity contribution in [2.24, 2.45) is 11.7 Å². The third-order valence-electron chi connectivity index (χ3n) is 3.28. The summed E-state index contributed by atoms with van der Waals surface area (Å²) in [6, 6.07) is 7.23. The second-order valence-electron chi connectivity index (χ2n) is 4.68. The number of aliphatic hydroxyl groups excluding tert-OH is 1. The third kappa shape index (κ3) is 3.29. The fourth-order valence-electron chi connectivity index (χ4n) is 2.12. The molecule has 1 aliphatic rings. The topological polar surface area (TPSA) is 87.4 Å². The van der Waals surface area contributed by atoms with Crippen LogP contribution in [0.1, 0.15) is 15.9 Å². The normalized spacial score (nSPS) is 23.2. The number of amides is 1. The van der Waals surface area contributed by atoms with E-state index in [-0.39, 0.29) is 12.0 Å². The van der Waals surface area contributed by atoms with Gasteiger partial charge in [0.15, 0.2) is 0 Å². The molecular formula is C13H19N3O2. The number of rotatable bonds is 5. The van der Waals surface area contributed by atoms with Crippen LogP contribution in [0.3, 0.4) is 0 Å². The zero-order chi connectivity index (χ0) is 13.0. The summed E-state index contributed by atoms with van der Waals surface area (Å²) < 4.78 is 0. The van der Waals surface area contributed by atoms with Crippen LogP contribution in [0.4, 0.5) is 0 Å². The van der Waals surface area contributed by atoms with Gasteiger partial charge in [-0.05, 0) is 17.7 Å². The minimum atomic E-state index is -0.408. The molecule has 0 radical (unpaired) electrons. The van der Waals surface area contributed by atoms with Gasteiger partial charge in [-0.3, -0.25) is 4.79 Å². The lowest BCUT2D eigenvalue weighted by molar-refractivity contribution is 0.1000. The molecular weight excluding hydrogens is 230 g/mol. The van der Waals surface area contributed by atoms with E-state index in [9.17, 15) is 9.90 Å². The minimum Gasteiger partial charge on any atom is -0.391 e. The first-order chi connectivity index (χ1) is 8.66. The maximum atomic E-state index is 10.9. The summed E-state index contributed by atoms with van der Waals surface area (Å²) in [5, 5.41) is 16.1. The van der Waals surface area contributed by atoms with Gasteiger partial charge < -0.3 is 21.5 Å². The van der Waals surface area contributed by atoms with Gasteiger partial charge in [0.1, 0.15) is 0 Å². The van der Waals surface area contributed by atoms with Crippen LogP contribution in [0.5, 0.6) is 0 Å². The van der Waals surface area contributed by atoms with E-state index in [1.54, 1.807) is 12.1 Å². The molecule has 5 nitrogen and oxygen atoms in total. The van der Waals surface area contributed by atoms with Crippen molar-refractivity contribution in [2.75, 3.05) is 19.6 Å². The Labute approximate surface area is 106 Å². The number of benzene rings is 1. The number of primary amides is 1. The van der Waals surface area contributed by atoms with Gasteiger partial charge in [-0.1, -0.05) is 12.1 Å². The van der Waals surface area contributed by atoms with Crippen molar-refractivity contribution in [3.05, 3.63) is 35.4 Å². The predicted octanol–water partition coefficient (Wildman–Crippen LogP) is -0.545. The zero-order valence-corrected chi connectivity index (χ0v) is 10.2. The molecule has 18 heavy (non-hydrogen) atoms. The Kier molecular flexibility index (Phi) is 4.30. The Hall–Kier alpha value is -1.43. The number of β-amino-alcohol motifs (C(OH)–C–C–N with tert-alkyl or cyclic N) is 1. The monoisotopic (exact) mass is 249 g/mol. The van der Waals surface area contributed by atoms with Gasteiger partial charge in [0, 0.05) is 37.7 Å². The molecule has 98 valence electrons. The molecule has 5 heteroatoms. The number of nitrogens with one attached hydrogen (secondary N) is 2. The van der Waals surface area contributed by atoms with Crippen molar-refractivity contribution in [1.82, 2.24) is 10.6 Å². The number of carbonyl (C=O) groups excluding carboxylic acids is 1. The molecule has 2 rings (SSSR count). The molecule has 1 aromatic carbocycles. The molecule has 1 heterocycles. The SMILES string of the molecule is NC(=O)c1ccc(CNCC2CNCC2O)cc1. The maximum absolute atomic E-state index is 10.9. The molecule has 1 amide bonds. The first-order valence-electron chi connectivity index (χ1n) is 6.15. The molecule has 0 aliphatic carbocycles. The van der Waals surface area contributed by atoms with E-state index < -0.39 is 5.91 Å². The average molecular weight is 249 g/mol. The highest BCUT2D eigenvalue weighted by atomic mass is 16.3. The van der Waals surface area contributed by atoms with Gasteiger partial charge in [0.2, 0.25) is 5.91 Å². The lowest BCUT2D eigenvalue weighted by Crippen LogP contribution is -2.30. The molecule has 1 aromatic rings. The lowest BCUT2D eigenvalue weighted by Gasteiger charge is -2.14. The van der Waals surface area contributed by atoms with Gasteiger partial charge >= 0.3 is 0 Å². The van der Waals surface area contributed by atoms with E-state index >= 15 is 0 Å². The van der Waals surface area contributed by atoms with Crippen LogP contribution in [-0.2, 0) is 6.54 Å². The van der Waals surface area contributed by atoms with E-state index in [0.717, 1.165) is 25.2 Å². The van der Waals surface area contributed by atoms with Gasteiger partial charge in [-0.2, -0.15) is 0 Å². The fourth-order valence-corrected chi connectivity index (χ4v) is 2.12. The summed E-state index contributed by atoms with van der Waals surface area (Å²) in [4.78, 5) is 10.9.